The number of pyridine rings is 1. The number of ether oxygens (including phenoxy) is 2. The Kier molecular flexibility index (Phi) is 5.06. The molecule has 2 aromatic heterocycles. The van der Waals surface area contributed by atoms with Crippen molar-refractivity contribution in [2.45, 2.75) is 32.3 Å². The lowest BCUT2D eigenvalue weighted by molar-refractivity contribution is -0.0807. The van der Waals surface area contributed by atoms with Crippen LogP contribution in [0, 0.1) is 13.8 Å². The second-order valence-corrected chi connectivity index (χ2v) is 6.20. The summed E-state index contributed by atoms with van der Waals surface area (Å²) in [5.41, 5.74) is 2.74. The van der Waals surface area contributed by atoms with Crippen molar-refractivity contribution in [2.24, 2.45) is 0 Å². The van der Waals surface area contributed by atoms with Crippen LogP contribution in [-0.4, -0.2) is 47.4 Å². The quantitative estimate of drug-likeness (QED) is 0.910. The van der Waals surface area contributed by atoms with Crippen LogP contribution in [0.1, 0.15) is 24.1 Å². The zero-order valence-corrected chi connectivity index (χ0v) is 14.5. The summed E-state index contributed by atoms with van der Waals surface area (Å²) in [6.07, 6.45) is 5.30. The molecule has 128 valence electrons. The number of aryl methyl sites for hydroxylation is 1. The van der Waals surface area contributed by atoms with E-state index >= 15 is 0 Å². The van der Waals surface area contributed by atoms with E-state index in [0.717, 1.165) is 48.7 Å². The topological polar surface area (TPSA) is 69.2 Å². The molecule has 0 bridgehead atoms. The zero-order chi connectivity index (χ0) is 17.0. The Morgan fingerprint density at radius 2 is 2.04 bits per heavy atom. The molecule has 0 atom stereocenters. The van der Waals surface area contributed by atoms with Gasteiger partial charge in [0.1, 0.15) is 5.82 Å². The van der Waals surface area contributed by atoms with Gasteiger partial charge in [-0.05, 0) is 26.0 Å². The van der Waals surface area contributed by atoms with Gasteiger partial charge in [0.05, 0.1) is 5.60 Å². The first-order valence-electron chi connectivity index (χ1n) is 8.26. The average Bonchev–Trinajstić information content (AvgIpc) is 2.64. The van der Waals surface area contributed by atoms with Crippen molar-refractivity contribution in [1.82, 2.24) is 15.0 Å². The smallest absolute Gasteiger partial charge is 0.163 e. The molecule has 1 saturated heterocycles. The molecular formula is C18H24N4O2. The molecule has 0 spiro atoms. The summed E-state index contributed by atoms with van der Waals surface area (Å²) in [4.78, 5) is 13.4. The minimum atomic E-state index is -0.196. The lowest BCUT2D eigenvalue weighted by Crippen LogP contribution is -2.44. The van der Waals surface area contributed by atoms with Crippen LogP contribution in [0.5, 0.6) is 0 Å². The highest BCUT2D eigenvalue weighted by Crippen LogP contribution is 2.26. The molecule has 0 radical (unpaired) electrons. The number of hydrogen-bond donors (Lipinski definition) is 1. The largest absolute Gasteiger partial charge is 0.381 e. The van der Waals surface area contributed by atoms with E-state index in [4.69, 9.17) is 14.5 Å². The summed E-state index contributed by atoms with van der Waals surface area (Å²) >= 11 is 0. The molecule has 0 saturated carbocycles. The first-order valence-corrected chi connectivity index (χ1v) is 8.26. The Morgan fingerprint density at radius 1 is 1.25 bits per heavy atom. The third kappa shape index (κ3) is 3.55. The molecule has 0 aromatic carbocycles. The van der Waals surface area contributed by atoms with Crippen LogP contribution in [0.4, 0.5) is 5.82 Å². The van der Waals surface area contributed by atoms with E-state index in [1.807, 2.05) is 26.0 Å². The van der Waals surface area contributed by atoms with Crippen LogP contribution in [-0.2, 0) is 9.47 Å². The van der Waals surface area contributed by atoms with Crippen molar-refractivity contribution in [3.05, 3.63) is 35.8 Å². The third-order valence-corrected chi connectivity index (χ3v) is 4.72. The molecule has 1 aliphatic rings. The molecular weight excluding hydrogens is 304 g/mol. The minimum absolute atomic E-state index is 0.196. The monoisotopic (exact) mass is 328 g/mol. The highest BCUT2D eigenvalue weighted by molar-refractivity contribution is 5.58. The SMILES string of the molecule is COC1(CNc2nc(-c3cccnc3)nc(C)c2C)CCOCC1. The normalized spacial score (nSPS) is 16.8. The van der Waals surface area contributed by atoms with Gasteiger partial charge in [-0.25, -0.2) is 9.97 Å². The fraction of sp³-hybridized carbons (Fsp3) is 0.500. The van der Waals surface area contributed by atoms with E-state index in [-0.39, 0.29) is 5.60 Å². The summed E-state index contributed by atoms with van der Waals surface area (Å²) in [5.74, 6) is 1.54. The lowest BCUT2D eigenvalue weighted by atomic mass is 9.94. The number of hydrogen-bond acceptors (Lipinski definition) is 6. The summed E-state index contributed by atoms with van der Waals surface area (Å²) in [6.45, 7) is 6.21. The maximum atomic E-state index is 5.79. The van der Waals surface area contributed by atoms with Crippen molar-refractivity contribution in [3.63, 3.8) is 0 Å². The van der Waals surface area contributed by atoms with Gasteiger partial charge in [-0.1, -0.05) is 0 Å². The zero-order valence-electron chi connectivity index (χ0n) is 14.5. The van der Waals surface area contributed by atoms with Gasteiger partial charge >= 0.3 is 0 Å². The van der Waals surface area contributed by atoms with E-state index in [0.29, 0.717) is 12.4 Å². The van der Waals surface area contributed by atoms with Crippen molar-refractivity contribution in [3.8, 4) is 11.4 Å². The number of methoxy groups -OCH3 is 1. The van der Waals surface area contributed by atoms with Crippen LogP contribution in [0.25, 0.3) is 11.4 Å². The Balaban J connectivity index is 1.83. The summed E-state index contributed by atoms with van der Waals surface area (Å²) < 4.78 is 11.2. The first-order chi connectivity index (χ1) is 11.6. The second kappa shape index (κ2) is 7.23. The van der Waals surface area contributed by atoms with Crippen LogP contribution >= 0.6 is 0 Å². The van der Waals surface area contributed by atoms with E-state index in [1.165, 1.54) is 0 Å². The van der Waals surface area contributed by atoms with Gasteiger partial charge in [0.25, 0.3) is 0 Å². The summed E-state index contributed by atoms with van der Waals surface area (Å²) in [7, 11) is 1.77. The third-order valence-electron chi connectivity index (χ3n) is 4.72. The van der Waals surface area contributed by atoms with Crippen LogP contribution in [0.2, 0.25) is 0 Å². The molecule has 0 amide bonds. The van der Waals surface area contributed by atoms with Gasteiger partial charge in [0.2, 0.25) is 0 Å². The van der Waals surface area contributed by atoms with E-state index in [1.54, 1.807) is 19.5 Å². The maximum Gasteiger partial charge on any atom is 0.163 e. The predicted molar refractivity (Wildman–Crippen MR) is 93.0 cm³/mol. The van der Waals surface area contributed by atoms with Gasteiger partial charge in [0.15, 0.2) is 5.82 Å². The molecule has 0 unspecified atom stereocenters. The first kappa shape index (κ1) is 16.8. The fourth-order valence-electron chi connectivity index (χ4n) is 2.87. The molecule has 3 heterocycles. The second-order valence-electron chi connectivity index (χ2n) is 6.20. The molecule has 2 aromatic rings. The van der Waals surface area contributed by atoms with Crippen molar-refractivity contribution in [1.29, 1.82) is 0 Å². The Morgan fingerprint density at radius 3 is 2.71 bits per heavy atom. The van der Waals surface area contributed by atoms with E-state index in [9.17, 15) is 0 Å². The molecule has 1 fully saturated rings. The van der Waals surface area contributed by atoms with Gasteiger partial charge in [-0.15, -0.1) is 0 Å². The van der Waals surface area contributed by atoms with Gasteiger partial charge in [-0.2, -0.15) is 0 Å². The Labute approximate surface area is 142 Å². The van der Waals surface area contributed by atoms with E-state index in [2.05, 4.69) is 15.3 Å². The van der Waals surface area contributed by atoms with Gasteiger partial charge in [0, 0.05) is 68.9 Å². The number of nitrogens with zero attached hydrogens (tertiary/aromatic N) is 3. The van der Waals surface area contributed by atoms with Gasteiger partial charge in [-0.3, -0.25) is 4.98 Å². The van der Waals surface area contributed by atoms with E-state index < -0.39 is 0 Å². The van der Waals surface area contributed by atoms with Crippen molar-refractivity contribution >= 4 is 5.82 Å². The Hall–Kier alpha value is -2.05. The molecule has 1 aliphatic heterocycles. The molecule has 0 aliphatic carbocycles. The average molecular weight is 328 g/mol. The van der Waals surface area contributed by atoms with Crippen molar-refractivity contribution < 1.29 is 9.47 Å². The number of nitrogens with one attached hydrogen (secondary N) is 1. The highest BCUT2D eigenvalue weighted by atomic mass is 16.5. The molecule has 24 heavy (non-hydrogen) atoms. The van der Waals surface area contributed by atoms with Gasteiger partial charge < -0.3 is 14.8 Å². The van der Waals surface area contributed by atoms with Crippen LogP contribution in [0.15, 0.2) is 24.5 Å². The summed E-state index contributed by atoms with van der Waals surface area (Å²) in [6, 6.07) is 3.86. The number of rotatable bonds is 5. The standard InChI is InChI=1S/C18H24N4O2/c1-13-14(2)21-17(15-5-4-8-19-11-15)22-16(13)20-12-18(23-3)6-9-24-10-7-18/h4-5,8,11H,6-7,9-10,12H2,1-3H3,(H,20,21,22). The van der Waals surface area contributed by atoms with Crippen LogP contribution in [0.3, 0.4) is 0 Å². The molecule has 6 nitrogen and oxygen atoms in total. The fourth-order valence-corrected chi connectivity index (χ4v) is 2.87. The van der Waals surface area contributed by atoms with Crippen molar-refractivity contribution in [2.75, 3.05) is 32.2 Å². The Bertz CT molecular complexity index is 685. The molecule has 1 N–H and O–H groups in total. The van der Waals surface area contributed by atoms with Crippen LogP contribution < -0.4 is 5.32 Å². The number of aromatic nitrogens is 3. The maximum absolute atomic E-state index is 5.79. The minimum Gasteiger partial charge on any atom is -0.381 e. The molecule has 3 rings (SSSR count). The molecule has 6 heteroatoms. The summed E-state index contributed by atoms with van der Waals surface area (Å²) in [5, 5.41) is 3.47. The lowest BCUT2D eigenvalue weighted by Gasteiger charge is -2.36. The number of anilines is 1. The highest BCUT2D eigenvalue weighted by Gasteiger charge is 2.32. The predicted octanol–water partition coefficient (Wildman–Crippen LogP) is 2.76.